The first-order chi connectivity index (χ1) is 15.3. The molecular weight excluding hydrogens is 412 g/mol. The zero-order valence-corrected chi connectivity index (χ0v) is 19.2. The van der Waals surface area contributed by atoms with Crippen LogP contribution in [0.15, 0.2) is 24.3 Å². The summed E-state index contributed by atoms with van der Waals surface area (Å²) in [6, 6.07) is 6.04. The number of aryl methyl sites for hydroxylation is 1. The van der Waals surface area contributed by atoms with Crippen molar-refractivity contribution in [1.29, 1.82) is 0 Å². The van der Waals surface area contributed by atoms with Crippen molar-refractivity contribution in [3.05, 3.63) is 52.3 Å². The average molecular weight is 443 g/mol. The lowest BCUT2D eigenvalue weighted by atomic mass is 9.98. The van der Waals surface area contributed by atoms with Crippen LogP contribution in [0.1, 0.15) is 62.2 Å². The summed E-state index contributed by atoms with van der Waals surface area (Å²) < 4.78 is 15.7. The van der Waals surface area contributed by atoms with Gasteiger partial charge in [-0.1, -0.05) is 0 Å². The summed E-state index contributed by atoms with van der Waals surface area (Å²) in [6.45, 7) is 6.10. The van der Waals surface area contributed by atoms with Crippen LogP contribution in [0.4, 0.5) is 0 Å². The number of ketones is 1. The molecule has 1 saturated heterocycles. The first-order valence-electron chi connectivity index (χ1n) is 10.7. The molecule has 2 heterocycles. The van der Waals surface area contributed by atoms with Crippen molar-refractivity contribution in [2.45, 2.75) is 45.8 Å². The number of aromatic amines is 1. The number of carbonyl (C=O) groups is 3. The molecule has 0 spiro atoms. The second-order valence-electron chi connectivity index (χ2n) is 7.98. The predicted molar refractivity (Wildman–Crippen MR) is 118 cm³/mol. The fraction of sp³-hybridized carbons (Fsp3) is 0.458. The van der Waals surface area contributed by atoms with Gasteiger partial charge in [-0.05, 0) is 63.4 Å². The fourth-order valence-electron chi connectivity index (χ4n) is 4.10. The van der Waals surface area contributed by atoms with Crippen LogP contribution in [0.5, 0.6) is 5.75 Å². The van der Waals surface area contributed by atoms with Gasteiger partial charge in [0, 0.05) is 30.0 Å². The van der Waals surface area contributed by atoms with Gasteiger partial charge in [0.15, 0.2) is 5.78 Å². The van der Waals surface area contributed by atoms with Gasteiger partial charge in [0.05, 0.1) is 26.4 Å². The average Bonchev–Trinajstić information content (AvgIpc) is 3.42. The molecule has 32 heavy (non-hydrogen) atoms. The van der Waals surface area contributed by atoms with Crippen molar-refractivity contribution in [1.82, 2.24) is 9.88 Å². The van der Waals surface area contributed by atoms with Gasteiger partial charge in [-0.15, -0.1) is 0 Å². The summed E-state index contributed by atoms with van der Waals surface area (Å²) in [5.74, 6) is -0.401. The summed E-state index contributed by atoms with van der Waals surface area (Å²) >= 11 is 0. The Morgan fingerprint density at radius 1 is 1.19 bits per heavy atom. The molecule has 2 aromatic rings. The van der Waals surface area contributed by atoms with Crippen LogP contribution in [0.3, 0.4) is 0 Å². The Labute approximate surface area is 187 Å². The van der Waals surface area contributed by atoms with Crippen molar-refractivity contribution in [2.75, 3.05) is 27.4 Å². The van der Waals surface area contributed by atoms with Gasteiger partial charge in [-0.2, -0.15) is 0 Å². The van der Waals surface area contributed by atoms with Gasteiger partial charge in [0.1, 0.15) is 11.4 Å². The molecule has 3 rings (SSSR count). The SMILES string of the molecule is COC(=O)c1[nH]c(C)c(C(=O)[C@@H](C)N(C[C@H]2CCCO2)C(=O)c2ccc(OC)cc2)c1C. The number of nitrogens with one attached hydrogen (secondary N) is 1. The van der Waals surface area contributed by atoms with Gasteiger partial charge in [0.25, 0.3) is 5.91 Å². The maximum atomic E-state index is 13.5. The van der Waals surface area contributed by atoms with E-state index in [1.54, 1.807) is 57.0 Å². The van der Waals surface area contributed by atoms with Crippen molar-refractivity contribution in [3.8, 4) is 5.75 Å². The van der Waals surface area contributed by atoms with Crippen LogP contribution in [0.2, 0.25) is 0 Å². The zero-order valence-electron chi connectivity index (χ0n) is 19.2. The van der Waals surface area contributed by atoms with E-state index in [0.29, 0.717) is 41.3 Å². The normalized spacial score (nSPS) is 16.5. The molecule has 0 radical (unpaired) electrons. The maximum absolute atomic E-state index is 13.5. The molecule has 8 heteroatoms. The Morgan fingerprint density at radius 3 is 2.44 bits per heavy atom. The molecule has 0 bridgehead atoms. The van der Waals surface area contributed by atoms with E-state index in [0.717, 1.165) is 12.8 Å². The number of carbonyl (C=O) groups excluding carboxylic acids is 3. The predicted octanol–water partition coefficient (Wildman–Crippen LogP) is 3.32. The van der Waals surface area contributed by atoms with Crippen LogP contribution >= 0.6 is 0 Å². The van der Waals surface area contributed by atoms with Gasteiger partial charge in [0.2, 0.25) is 0 Å². The second kappa shape index (κ2) is 9.99. The molecule has 1 aliphatic rings. The lowest BCUT2D eigenvalue weighted by Crippen LogP contribution is -2.47. The number of hydrogen-bond donors (Lipinski definition) is 1. The highest BCUT2D eigenvalue weighted by molar-refractivity contribution is 6.07. The number of aromatic nitrogens is 1. The molecule has 1 aromatic carbocycles. The summed E-state index contributed by atoms with van der Waals surface area (Å²) in [5, 5.41) is 0. The number of methoxy groups -OCH3 is 2. The van der Waals surface area contributed by atoms with Gasteiger partial charge in [-0.25, -0.2) is 4.79 Å². The fourth-order valence-corrected chi connectivity index (χ4v) is 4.10. The summed E-state index contributed by atoms with van der Waals surface area (Å²) in [5.41, 5.74) is 2.18. The molecule has 1 aliphatic heterocycles. The van der Waals surface area contributed by atoms with Gasteiger partial charge in [-0.3, -0.25) is 9.59 Å². The smallest absolute Gasteiger partial charge is 0.354 e. The lowest BCUT2D eigenvalue weighted by Gasteiger charge is -2.31. The lowest BCUT2D eigenvalue weighted by molar-refractivity contribution is 0.0410. The number of rotatable bonds is 8. The molecule has 0 saturated carbocycles. The van der Waals surface area contributed by atoms with Crippen molar-refractivity contribution in [3.63, 3.8) is 0 Å². The molecule has 0 aliphatic carbocycles. The highest BCUT2D eigenvalue weighted by Crippen LogP contribution is 2.24. The molecule has 8 nitrogen and oxygen atoms in total. The molecule has 1 fully saturated rings. The van der Waals surface area contributed by atoms with E-state index in [1.807, 2.05) is 0 Å². The Kier molecular flexibility index (Phi) is 7.35. The minimum absolute atomic E-state index is 0.119. The zero-order chi connectivity index (χ0) is 23.4. The van der Waals surface area contributed by atoms with E-state index < -0.39 is 12.0 Å². The largest absolute Gasteiger partial charge is 0.497 e. The molecule has 172 valence electrons. The standard InChI is InChI=1S/C24H30N2O6/c1-14-20(15(2)25-21(14)24(29)31-5)22(27)16(3)26(13-19-7-6-12-32-19)23(28)17-8-10-18(30-4)11-9-17/h8-11,16,19,25H,6-7,12-13H2,1-5H3/t16-,19-/m1/s1. The van der Waals surface area contributed by atoms with E-state index in [2.05, 4.69) is 4.98 Å². The van der Waals surface area contributed by atoms with Crippen molar-refractivity contribution >= 4 is 17.7 Å². The second-order valence-corrected chi connectivity index (χ2v) is 7.98. The Morgan fingerprint density at radius 2 is 1.88 bits per heavy atom. The minimum Gasteiger partial charge on any atom is -0.497 e. The number of Topliss-reactive ketones (excluding diaryl/α,β-unsaturated/α-hetero) is 1. The van der Waals surface area contributed by atoms with Crippen LogP contribution in [-0.2, 0) is 9.47 Å². The van der Waals surface area contributed by atoms with Crippen LogP contribution in [0.25, 0.3) is 0 Å². The monoisotopic (exact) mass is 442 g/mol. The third-order valence-corrected chi connectivity index (χ3v) is 5.94. The summed E-state index contributed by atoms with van der Waals surface area (Å²) in [6.07, 6.45) is 1.64. The summed E-state index contributed by atoms with van der Waals surface area (Å²) in [7, 11) is 2.85. The number of nitrogens with zero attached hydrogens (tertiary/aromatic N) is 1. The highest BCUT2D eigenvalue weighted by Gasteiger charge is 2.33. The third kappa shape index (κ3) is 4.70. The number of hydrogen-bond acceptors (Lipinski definition) is 6. The van der Waals surface area contributed by atoms with E-state index in [4.69, 9.17) is 14.2 Å². The number of esters is 1. The minimum atomic E-state index is -0.757. The number of benzene rings is 1. The number of amides is 1. The third-order valence-electron chi connectivity index (χ3n) is 5.94. The van der Waals surface area contributed by atoms with E-state index in [9.17, 15) is 14.4 Å². The van der Waals surface area contributed by atoms with E-state index in [-0.39, 0.29) is 23.5 Å². The topological polar surface area (TPSA) is 97.9 Å². The Balaban J connectivity index is 1.93. The van der Waals surface area contributed by atoms with E-state index >= 15 is 0 Å². The van der Waals surface area contributed by atoms with E-state index in [1.165, 1.54) is 7.11 Å². The van der Waals surface area contributed by atoms with Crippen LogP contribution < -0.4 is 4.74 Å². The molecular formula is C24H30N2O6. The molecule has 1 N–H and O–H groups in total. The van der Waals surface area contributed by atoms with Crippen LogP contribution in [0, 0.1) is 13.8 Å². The Hall–Kier alpha value is -3.13. The molecule has 0 unspecified atom stereocenters. The molecule has 1 amide bonds. The maximum Gasteiger partial charge on any atom is 0.354 e. The summed E-state index contributed by atoms with van der Waals surface area (Å²) in [4.78, 5) is 43.5. The van der Waals surface area contributed by atoms with Gasteiger partial charge >= 0.3 is 5.97 Å². The van der Waals surface area contributed by atoms with Crippen molar-refractivity contribution in [2.24, 2.45) is 0 Å². The quantitative estimate of drug-likeness (QED) is 0.498. The first-order valence-corrected chi connectivity index (χ1v) is 10.7. The first kappa shape index (κ1) is 23.5. The van der Waals surface area contributed by atoms with Crippen LogP contribution in [-0.4, -0.2) is 67.1 Å². The van der Waals surface area contributed by atoms with Crippen molar-refractivity contribution < 1.29 is 28.6 Å². The molecule has 1 aromatic heterocycles. The number of ether oxygens (including phenoxy) is 3. The highest BCUT2D eigenvalue weighted by atomic mass is 16.5. The molecule has 2 atom stereocenters. The number of H-pyrrole nitrogens is 1. The van der Waals surface area contributed by atoms with Gasteiger partial charge < -0.3 is 24.1 Å². The Bertz CT molecular complexity index is 989.